The number of nitrogens with zero attached hydrogens (tertiary/aromatic N) is 1. The van der Waals surface area contributed by atoms with Crippen molar-refractivity contribution < 1.29 is 14.8 Å². The van der Waals surface area contributed by atoms with Crippen molar-refractivity contribution in [2.45, 2.75) is 6.92 Å². The first kappa shape index (κ1) is 12.8. The molecule has 0 aromatic heterocycles. The topological polar surface area (TPSA) is 72.6 Å². The maximum Gasteiger partial charge on any atom is 0.235 e. The van der Waals surface area contributed by atoms with Gasteiger partial charge in [-0.2, -0.15) is 0 Å². The van der Waals surface area contributed by atoms with E-state index in [1.165, 1.54) is 12.1 Å². The molecule has 0 unspecified atom stereocenters. The Balaban J connectivity index is 2.82. The van der Waals surface area contributed by atoms with Crippen molar-refractivity contribution >= 4 is 6.08 Å². The Morgan fingerprint density at radius 1 is 1.53 bits per heavy atom. The lowest BCUT2D eigenvalue weighted by Crippen LogP contribution is -1.94. The third-order valence-corrected chi connectivity index (χ3v) is 1.94. The second-order valence-corrected chi connectivity index (χ2v) is 3.21. The maximum absolute atomic E-state index is 10.2. The normalized spacial score (nSPS) is 11.1. The van der Waals surface area contributed by atoms with Crippen LogP contribution in [0.3, 0.4) is 0 Å². The molecule has 17 heavy (non-hydrogen) atoms. The van der Waals surface area contributed by atoms with Crippen LogP contribution >= 0.6 is 0 Å². The molecule has 1 aromatic rings. The van der Waals surface area contributed by atoms with Gasteiger partial charge in [-0.25, -0.2) is 0 Å². The number of allylic oxidation sites excluding steroid dienone is 1. The molecule has 0 heterocycles. The molecule has 0 bridgehead atoms. The lowest BCUT2D eigenvalue weighted by atomic mass is 10.2. The van der Waals surface area contributed by atoms with Crippen molar-refractivity contribution in [1.82, 2.24) is 0 Å². The van der Waals surface area contributed by atoms with Crippen LogP contribution in [0.15, 0.2) is 36.6 Å². The molecule has 90 valence electrons. The van der Waals surface area contributed by atoms with Crippen LogP contribution in [-0.4, -0.2) is 16.6 Å². The third kappa shape index (κ3) is 4.38. The van der Waals surface area contributed by atoms with Gasteiger partial charge in [-0.3, -0.25) is 10.1 Å². The number of hydrogen-bond donors (Lipinski definition) is 1. The highest BCUT2D eigenvalue weighted by Crippen LogP contribution is 2.27. The number of benzene rings is 1. The molecule has 0 aliphatic carbocycles. The standard InChI is InChI=1S/C12H13NO4/c1-2-3-8-17-12-9-10(4-5-11(12)14)6-7-13(15)16/h2-7,9,14H,8H2,1H3/b3-2+,7-6+. The largest absolute Gasteiger partial charge is 0.504 e. The van der Waals surface area contributed by atoms with Gasteiger partial charge in [-0.1, -0.05) is 18.2 Å². The van der Waals surface area contributed by atoms with Gasteiger partial charge in [0.25, 0.3) is 0 Å². The molecular weight excluding hydrogens is 222 g/mol. The molecule has 0 spiro atoms. The second-order valence-electron chi connectivity index (χ2n) is 3.21. The minimum absolute atomic E-state index is 0.00718. The van der Waals surface area contributed by atoms with Crippen LogP contribution in [0.1, 0.15) is 12.5 Å². The Bertz CT molecular complexity index is 452. The molecule has 1 N–H and O–H groups in total. The summed E-state index contributed by atoms with van der Waals surface area (Å²) < 4.78 is 5.28. The Morgan fingerprint density at radius 2 is 2.29 bits per heavy atom. The minimum Gasteiger partial charge on any atom is -0.504 e. The van der Waals surface area contributed by atoms with E-state index in [-0.39, 0.29) is 5.75 Å². The number of phenolic OH excluding ortho intramolecular Hbond substituents is 1. The Morgan fingerprint density at radius 3 is 2.94 bits per heavy atom. The SMILES string of the molecule is C/C=C/COc1cc(/C=C/[N+](=O)[O-])ccc1O. The van der Waals surface area contributed by atoms with Gasteiger partial charge in [-0.05, 0) is 24.6 Å². The summed E-state index contributed by atoms with van der Waals surface area (Å²) in [6.07, 6.45) is 5.79. The Hall–Kier alpha value is -2.30. The van der Waals surface area contributed by atoms with Gasteiger partial charge < -0.3 is 9.84 Å². The van der Waals surface area contributed by atoms with Crippen LogP contribution in [0.2, 0.25) is 0 Å². The van der Waals surface area contributed by atoms with Gasteiger partial charge in [0.05, 0.1) is 4.92 Å². The zero-order valence-corrected chi connectivity index (χ0v) is 9.37. The molecule has 0 amide bonds. The van der Waals surface area contributed by atoms with Gasteiger partial charge >= 0.3 is 0 Å². The number of aromatic hydroxyl groups is 1. The molecule has 0 saturated carbocycles. The summed E-state index contributed by atoms with van der Waals surface area (Å²) in [4.78, 5) is 9.62. The van der Waals surface area contributed by atoms with Gasteiger partial charge in [0.15, 0.2) is 11.5 Å². The molecular formula is C12H13NO4. The molecule has 1 aromatic carbocycles. The zero-order valence-electron chi connectivity index (χ0n) is 9.37. The molecule has 1 rings (SSSR count). The number of rotatable bonds is 5. The van der Waals surface area contributed by atoms with Gasteiger partial charge in [0, 0.05) is 6.08 Å². The van der Waals surface area contributed by atoms with Gasteiger partial charge in [0.1, 0.15) is 6.61 Å². The zero-order chi connectivity index (χ0) is 12.7. The molecule has 5 heteroatoms. The maximum atomic E-state index is 10.2. The average Bonchev–Trinajstić information content (AvgIpc) is 2.30. The van der Waals surface area contributed by atoms with E-state index in [9.17, 15) is 15.2 Å². The van der Waals surface area contributed by atoms with Gasteiger partial charge in [0.2, 0.25) is 6.20 Å². The van der Waals surface area contributed by atoms with Crippen LogP contribution in [-0.2, 0) is 0 Å². The van der Waals surface area contributed by atoms with E-state index in [0.717, 1.165) is 6.20 Å². The monoisotopic (exact) mass is 235 g/mol. The van der Waals surface area contributed by atoms with Gasteiger partial charge in [-0.15, -0.1) is 0 Å². The lowest BCUT2D eigenvalue weighted by molar-refractivity contribution is -0.400. The summed E-state index contributed by atoms with van der Waals surface area (Å²) in [5, 5.41) is 19.7. The number of nitro groups is 1. The predicted molar refractivity (Wildman–Crippen MR) is 64.4 cm³/mol. The highest BCUT2D eigenvalue weighted by Gasteiger charge is 2.02. The molecule has 0 saturated heterocycles. The van der Waals surface area contributed by atoms with E-state index in [2.05, 4.69) is 0 Å². The van der Waals surface area contributed by atoms with E-state index < -0.39 is 4.92 Å². The van der Waals surface area contributed by atoms with E-state index in [0.29, 0.717) is 17.9 Å². The molecule has 5 nitrogen and oxygen atoms in total. The first-order valence-electron chi connectivity index (χ1n) is 5.02. The molecule has 0 aliphatic heterocycles. The Labute approximate surface area is 98.8 Å². The van der Waals surface area contributed by atoms with Crippen molar-refractivity contribution in [3.05, 3.63) is 52.2 Å². The number of hydrogen-bond acceptors (Lipinski definition) is 4. The van der Waals surface area contributed by atoms with Crippen molar-refractivity contribution in [2.75, 3.05) is 6.61 Å². The van der Waals surface area contributed by atoms with E-state index in [4.69, 9.17) is 4.74 Å². The van der Waals surface area contributed by atoms with Crippen LogP contribution in [0.25, 0.3) is 6.08 Å². The summed E-state index contributed by atoms with van der Waals surface area (Å²) in [6.45, 7) is 2.20. The fourth-order valence-corrected chi connectivity index (χ4v) is 1.13. The fraction of sp³-hybridized carbons (Fsp3) is 0.167. The summed E-state index contributed by atoms with van der Waals surface area (Å²) in [5.41, 5.74) is 0.593. The quantitative estimate of drug-likeness (QED) is 0.483. The highest BCUT2D eigenvalue weighted by molar-refractivity contribution is 5.54. The van der Waals surface area contributed by atoms with E-state index in [1.54, 1.807) is 18.2 Å². The van der Waals surface area contributed by atoms with E-state index in [1.807, 2.05) is 13.0 Å². The first-order valence-corrected chi connectivity index (χ1v) is 5.02. The van der Waals surface area contributed by atoms with Crippen LogP contribution in [0.4, 0.5) is 0 Å². The minimum atomic E-state index is -0.548. The summed E-state index contributed by atoms with van der Waals surface area (Å²) >= 11 is 0. The lowest BCUT2D eigenvalue weighted by Gasteiger charge is -2.06. The molecule has 0 radical (unpaired) electrons. The average molecular weight is 235 g/mol. The van der Waals surface area contributed by atoms with Crippen LogP contribution in [0.5, 0.6) is 11.5 Å². The van der Waals surface area contributed by atoms with Crippen molar-refractivity contribution in [3.8, 4) is 11.5 Å². The number of ether oxygens (including phenoxy) is 1. The summed E-state index contributed by atoms with van der Waals surface area (Å²) in [5.74, 6) is 0.307. The molecule has 0 atom stereocenters. The Kier molecular flexibility index (Phi) is 4.75. The fourth-order valence-electron chi connectivity index (χ4n) is 1.13. The van der Waals surface area contributed by atoms with E-state index >= 15 is 0 Å². The summed E-state index contributed by atoms with van der Waals surface area (Å²) in [6, 6.07) is 4.54. The number of phenols is 1. The predicted octanol–water partition coefficient (Wildman–Crippen LogP) is 2.59. The second kappa shape index (κ2) is 6.32. The third-order valence-electron chi connectivity index (χ3n) is 1.94. The van der Waals surface area contributed by atoms with Crippen molar-refractivity contribution in [1.29, 1.82) is 0 Å². The van der Waals surface area contributed by atoms with Crippen molar-refractivity contribution in [3.63, 3.8) is 0 Å². The highest BCUT2D eigenvalue weighted by atomic mass is 16.6. The summed E-state index contributed by atoms with van der Waals surface area (Å²) in [7, 11) is 0. The smallest absolute Gasteiger partial charge is 0.235 e. The molecule has 0 fully saturated rings. The van der Waals surface area contributed by atoms with Crippen LogP contribution in [0, 0.1) is 10.1 Å². The van der Waals surface area contributed by atoms with Crippen LogP contribution < -0.4 is 4.74 Å². The van der Waals surface area contributed by atoms with Crippen molar-refractivity contribution in [2.24, 2.45) is 0 Å². The first-order chi connectivity index (χ1) is 8.13. The molecule has 0 aliphatic rings.